The molecule has 3 nitrogen and oxygen atoms in total. The number of benzene rings is 1. The van der Waals surface area contributed by atoms with Crippen molar-refractivity contribution in [1.29, 1.82) is 0 Å². The van der Waals surface area contributed by atoms with Gasteiger partial charge in [-0.1, -0.05) is 5.92 Å². The minimum Gasteiger partial charge on any atom is -0.381 e. The maximum atomic E-state index is 13.0. The molecular formula is C21H24O3. The van der Waals surface area contributed by atoms with Crippen molar-refractivity contribution >= 4 is 11.6 Å². The highest BCUT2D eigenvalue weighted by atomic mass is 16.5. The summed E-state index contributed by atoms with van der Waals surface area (Å²) in [6, 6.07) is 3.80. The van der Waals surface area contributed by atoms with Gasteiger partial charge in [0.15, 0.2) is 5.78 Å². The van der Waals surface area contributed by atoms with E-state index in [4.69, 9.17) is 11.2 Å². The Morgan fingerprint density at radius 2 is 1.79 bits per heavy atom. The molecule has 0 N–H and O–H groups in total. The summed E-state index contributed by atoms with van der Waals surface area (Å²) in [6.07, 6.45) is 8.68. The number of carbonyl (C=O) groups is 2. The van der Waals surface area contributed by atoms with Crippen molar-refractivity contribution in [3.8, 4) is 12.3 Å². The Bertz CT molecular complexity index is 681. The predicted molar refractivity (Wildman–Crippen MR) is 92.9 cm³/mol. The van der Waals surface area contributed by atoms with E-state index in [1.54, 1.807) is 0 Å². The van der Waals surface area contributed by atoms with Gasteiger partial charge in [-0.2, -0.15) is 0 Å². The van der Waals surface area contributed by atoms with Crippen LogP contribution in [0.15, 0.2) is 12.1 Å². The Balaban J connectivity index is 1.83. The molecule has 1 saturated heterocycles. The van der Waals surface area contributed by atoms with Gasteiger partial charge in [-0.05, 0) is 67.9 Å². The zero-order valence-electron chi connectivity index (χ0n) is 14.4. The standard InChI is InChI=1S/C21H24O3/c1-4-15-9-13(2)19(14(3)10-15)20-18(22)12-17(21(20)23)11-16-5-7-24-8-6-16/h1,9-10,16-17,20H,5-8,11-12H2,2-3H3. The van der Waals surface area contributed by atoms with Crippen LogP contribution in [0, 0.1) is 38.0 Å². The number of ether oxygens (including phenoxy) is 1. The predicted octanol–water partition coefficient (Wildman–Crippen LogP) is 3.34. The van der Waals surface area contributed by atoms with Gasteiger partial charge in [0.05, 0.1) is 0 Å². The molecule has 1 aromatic rings. The molecule has 3 rings (SSSR count). The summed E-state index contributed by atoms with van der Waals surface area (Å²) in [4.78, 5) is 25.6. The second kappa shape index (κ2) is 6.91. The lowest BCUT2D eigenvalue weighted by Gasteiger charge is -2.24. The van der Waals surface area contributed by atoms with E-state index in [1.807, 2.05) is 26.0 Å². The Hall–Kier alpha value is -1.92. The van der Waals surface area contributed by atoms with Crippen molar-refractivity contribution in [3.05, 3.63) is 34.4 Å². The number of carbonyl (C=O) groups excluding carboxylic acids is 2. The van der Waals surface area contributed by atoms with Crippen LogP contribution in [0.5, 0.6) is 0 Å². The van der Waals surface area contributed by atoms with Crippen LogP contribution in [0.4, 0.5) is 0 Å². The van der Waals surface area contributed by atoms with Gasteiger partial charge in [0, 0.05) is 31.1 Å². The minimum absolute atomic E-state index is 0.0664. The quantitative estimate of drug-likeness (QED) is 0.632. The van der Waals surface area contributed by atoms with Crippen molar-refractivity contribution in [3.63, 3.8) is 0 Å². The lowest BCUT2D eigenvalue weighted by molar-refractivity contribution is -0.125. The van der Waals surface area contributed by atoms with Crippen LogP contribution in [0.2, 0.25) is 0 Å². The zero-order chi connectivity index (χ0) is 17.3. The topological polar surface area (TPSA) is 43.4 Å². The van der Waals surface area contributed by atoms with Crippen LogP contribution in [-0.2, 0) is 14.3 Å². The number of hydrogen-bond donors (Lipinski definition) is 0. The summed E-state index contributed by atoms with van der Waals surface area (Å²) in [6.45, 7) is 5.43. The third-order valence-corrected chi connectivity index (χ3v) is 5.46. The van der Waals surface area contributed by atoms with Crippen molar-refractivity contribution in [2.45, 2.75) is 45.4 Å². The van der Waals surface area contributed by atoms with Gasteiger partial charge in [-0.15, -0.1) is 6.42 Å². The number of rotatable bonds is 3. The Kier molecular flexibility index (Phi) is 4.87. The molecule has 0 radical (unpaired) electrons. The lowest BCUT2D eigenvalue weighted by atomic mass is 9.84. The first-order chi connectivity index (χ1) is 11.5. The molecule has 1 aromatic carbocycles. The normalized spacial score (nSPS) is 25.0. The minimum atomic E-state index is -0.596. The Morgan fingerprint density at radius 1 is 1.17 bits per heavy atom. The smallest absolute Gasteiger partial charge is 0.151 e. The molecule has 2 unspecified atom stereocenters. The molecular weight excluding hydrogens is 300 g/mol. The molecule has 1 heterocycles. The summed E-state index contributed by atoms with van der Waals surface area (Å²) in [7, 11) is 0. The SMILES string of the molecule is C#Cc1cc(C)c(C2C(=O)CC(CC3CCOCC3)C2=O)c(C)c1. The van der Waals surface area contributed by atoms with Gasteiger partial charge in [-0.25, -0.2) is 0 Å². The van der Waals surface area contributed by atoms with Crippen LogP contribution in [0.1, 0.15) is 53.9 Å². The van der Waals surface area contributed by atoms with Gasteiger partial charge in [-0.3, -0.25) is 9.59 Å². The molecule has 2 aliphatic rings. The fourth-order valence-corrected chi connectivity index (χ4v) is 4.26. The van der Waals surface area contributed by atoms with E-state index >= 15 is 0 Å². The average Bonchev–Trinajstić information content (AvgIpc) is 2.83. The van der Waals surface area contributed by atoms with E-state index in [0.717, 1.165) is 54.7 Å². The highest BCUT2D eigenvalue weighted by molar-refractivity contribution is 6.15. The molecule has 2 fully saturated rings. The molecule has 24 heavy (non-hydrogen) atoms. The molecule has 3 heteroatoms. The average molecular weight is 324 g/mol. The third-order valence-electron chi connectivity index (χ3n) is 5.46. The largest absolute Gasteiger partial charge is 0.381 e. The first-order valence-electron chi connectivity index (χ1n) is 8.73. The first kappa shape index (κ1) is 16.9. The number of aryl methyl sites for hydroxylation is 2. The van der Waals surface area contributed by atoms with Gasteiger partial charge >= 0.3 is 0 Å². The monoisotopic (exact) mass is 324 g/mol. The van der Waals surface area contributed by atoms with E-state index in [1.165, 1.54) is 0 Å². The Labute approximate surface area is 143 Å². The van der Waals surface area contributed by atoms with Crippen molar-refractivity contribution in [2.75, 3.05) is 13.2 Å². The van der Waals surface area contributed by atoms with Crippen molar-refractivity contribution < 1.29 is 14.3 Å². The highest BCUT2D eigenvalue weighted by Crippen LogP contribution is 2.39. The zero-order valence-corrected chi connectivity index (χ0v) is 14.4. The molecule has 1 saturated carbocycles. The van der Waals surface area contributed by atoms with E-state index in [9.17, 15) is 9.59 Å². The molecule has 0 amide bonds. The van der Waals surface area contributed by atoms with Gasteiger partial charge in [0.1, 0.15) is 11.7 Å². The highest BCUT2D eigenvalue weighted by Gasteiger charge is 2.43. The van der Waals surface area contributed by atoms with E-state index in [-0.39, 0.29) is 17.5 Å². The molecule has 0 aromatic heterocycles. The van der Waals surface area contributed by atoms with E-state index in [0.29, 0.717) is 12.3 Å². The second-order valence-electron chi connectivity index (χ2n) is 7.16. The maximum absolute atomic E-state index is 13.0. The second-order valence-corrected chi connectivity index (χ2v) is 7.16. The van der Waals surface area contributed by atoms with Crippen molar-refractivity contribution in [2.24, 2.45) is 11.8 Å². The van der Waals surface area contributed by atoms with Gasteiger partial charge < -0.3 is 4.74 Å². The van der Waals surface area contributed by atoms with Gasteiger partial charge in [0.2, 0.25) is 0 Å². The molecule has 0 spiro atoms. The van der Waals surface area contributed by atoms with Gasteiger partial charge in [0.25, 0.3) is 0 Å². The summed E-state index contributed by atoms with van der Waals surface area (Å²) in [5.74, 6) is 2.58. The number of Topliss-reactive ketones (excluding diaryl/α,β-unsaturated/α-hetero) is 2. The van der Waals surface area contributed by atoms with Crippen LogP contribution in [-0.4, -0.2) is 24.8 Å². The molecule has 0 bridgehead atoms. The number of terminal acetylenes is 1. The lowest BCUT2D eigenvalue weighted by Crippen LogP contribution is -2.22. The number of ketones is 2. The fourth-order valence-electron chi connectivity index (χ4n) is 4.26. The first-order valence-corrected chi connectivity index (χ1v) is 8.73. The van der Waals surface area contributed by atoms with Crippen LogP contribution >= 0.6 is 0 Å². The van der Waals surface area contributed by atoms with E-state index in [2.05, 4.69) is 5.92 Å². The van der Waals surface area contributed by atoms with Crippen molar-refractivity contribution in [1.82, 2.24) is 0 Å². The summed E-state index contributed by atoms with van der Waals surface area (Å²) in [5.41, 5.74) is 3.56. The summed E-state index contributed by atoms with van der Waals surface area (Å²) >= 11 is 0. The number of hydrogen-bond acceptors (Lipinski definition) is 3. The summed E-state index contributed by atoms with van der Waals surface area (Å²) < 4.78 is 5.39. The molecule has 126 valence electrons. The van der Waals surface area contributed by atoms with Crippen LogP contribution < -0.4 is 0 Å². The Morgan fingerprint density at radius 3 is 2.38 bits per heavy atom. The third kappa shape index (κ3) is 3.16. The molecule has 1 aliphatic heterocycles. The van der Waals surface area contributed by atoms with Crippen LogP contribution in [0.25, 0.3) is 0 Å². The molecule has 2 atom stereocenters. The fraction of sp³-hybridized carbons (Fsp3) is 0.524. The van der Waals surface area contributed by atoms with Crippen LogP contribution in [0.3, 0.4) is 0 Å². The van der Waals surface area contributed by atoms with E-state index < -0.39 is 5.92 Å². The molecule has 1 aliphatic carbocycles. The maximum Gasteiger partial charge on any atom is 0.151 e. The summed E-state index contributed by atoms with van der Waals surface area (Å²) in [5, 5.41) is 0.